The fraction of sp³-hybridized carbons (Fsp3) is 0.105. The minimum atomic E-state index is -0.128. The lowest BCUT2D eigenvalue weighted by molar-refractivity contribution is 0.102. The topological polar surface area (TPSA) is 80.9 Å². The van der Waals surface area contributed by atoms with Gasteiger partial charge in [-0.3, -0.25) is 4.79 Å². The van der Waals surface area contributed by atoms with Crippen LogP contribution in [0.15, 0.2) is 60.8 Å². The van der Waals surface area contributed by atoms with Gasteiger partial charge in [-0.2, -0.15) is 0 Å². The zero-order valence-electron chi connectivity index (χ0n) is 13.4. The van der Waals surface area contributed by atoms with Crippen LogP contribution in [0.4, 0.5) is 11.6 Å². The zero-order chi connectivity index (χ0) is 16.9. The van der Waals surface area contributed by atoms with Crippen LogP contribution in [-0.4, -0.2) is 15.9 Å². The number of nitrogens with two attached hydrogens (primary N) is 1. The van der Waals surface area contributed by atoms with Gasteiger partial charge in [0.25, 0.3) is 5.91 Å². The van der Waals surface area contributed by atoms with Gasteiger partial charge in [0.15, 0.2) is 0 Å². The van der Waals surface area contributed by atoms with Crippen LogP contribution in [0.1, 0.15) is 22.8 Å². The van der Waals surface area contributed by atoms with Gasteiger partial charge in [-0.25, -0.2) is 9.97 Å². The van der Waals surface area contributed by atoms with E-state index in [-0.39, 0.29) is 11.9 Å². The third-order valence-corrected chi connectivity index (χ3v) is 3.74. The molecule has 0 bridgehead atoms. The highest BCUT2D eigenvalue weighted by atomic mass is 16.1. The fourth-order valence-corrected chi connectivity index (χ4v) is 2.35. The molecule has 1 heterocycles. The van der Waals surface area contributed by atoms with Crippen LogP contribution in [-0.2, 0) is 6.42 Å². The molecule has 0 spiro atoms. The van der Waals surface area contributed by atoms with Crippen LogP contribution in [0.25, 0.3) is 11.3 Å². The summed E-state index contributed by atoms with van der Waals surface area (Å²) >= 11 is 0. The Hall–Kier alpha value is -3.21. The van der Waals surface area contributed by atoms with Crippen molar-refractivity contribution in [1.29, 1.82) is 0 Å². The molecule has 5 heteroatoms. The van der Waals surface area contributed by atoms with E-state index in [1.54, 1.807) is 12.3 Å². The van der Waals surface area contributed by atoms with E-state index in [1.807, 2.05) is 48.5 Å². The molecule has 0 aliphatic heterocycles. The van der Waals surface area contributed by atoms with E-state index in [0.29, 0.717) is 5.56 Å². The molecule has 3 aromatic rings. The van der Waals surface area contributed by atoms with E-state index in [1.165, 1.54) is 5.56 Å². The van der Waals surface area contributed by atoms with Gasteiger partial charge in [-0.05, 0) is 42.3 Å². The monoisotopic (exact) mass is 318 g/mol. The number of aromatic nitrogens is 2. The fourth-order valence-electron chi connectivity index (χ4n) is 2.35. The maximum absolute atomic E-state index is 12.3. The molecule has 2 aromatic carbocycles. The van der Waals surface area contributed by atoms with E-state index >= 15 is 0 Å². The first kappa shape index (κ1) is 15.7. The van der Waals surface area contributed by atoms with Crippen LogP contribution >= 0.6 is 0 Å². The Morgan fingerprint density at radius 3 is 2.38 bits per heavy atom. The lowest BCUT2D eigenvalue weighted by atomic mass is 10.1. The van der Waals surface area contributed by atoms with Gasteiger partial charge in [-0.15, -0.1) is 0 Å². The Bertz CT molecular complexity index is 842. The number of nitrogens with zero attached hydrogens (tertiary/aromatic N) is 2. The van der Waals surface area contributed by atoms with E-state index < -0.39 is 0 Å². The minimum absolute atomic E-state index is 0.128. The predicted molar refractivity (Wildman–Crippen MR) is 95.7 cm³/mol. The first-order valence-corrected chi connectivity index (χ1v) is 7.75. The Morgan fingerprint density at radius 1 is 1.04 bits per heavy atom. The Labute approximate surface area is 140 Å². The van der Waals surface area contributed by atoms with Crippen LogP contribution in [0.3, 0.4) is 0 Å². The zero-order valence-corrected chi connectivity index (χ0v) is 13.4. The summed E-state index contributed by atoms with van der Waals surface area (Å²) in [5.74, 6) is 0.108. The van der Waals surface area contributed by atoms with Gasteiger partial charge in [0, 0.05) is 23.0 Å². The van der Waals surface area contributed by atoms with Crippen molar-refractivity contribution < 1.29 is 4.79 Å². The largest absolute Gasteiger partial charge is 0.368 e. The second-order valence-corrected chi connectivity index (χ2v) is 5.38. The lowest BCUT2D eigenvalue weighted by Gasteiger charge is -2.07. The number of hydrogen-bond acceptors (Lipinski definition) is 4. The first-order chi connectivity index (χ1) is 11.7. The smallest absolute Gasteiger partial charge is 0.255 e. The molecule has 0 aliphatic carbocycles. The molecule has 3 rings (SSSR count). The second kappa shape index (κ2) is 6.91. The predicted octanol–water partition coefficient (Wildman–Crippen LogP) is 3.54. The third kappa shape index (κ3) is 3.57. The third-order valence-electron chi connectivity index (χ3n) is 3.74. The highest BCUT2D eigenvalue weighted by Crippen LogP contribution is 2.20. The number of carbonyl (C=O) groups is 1. The molecule has 5 nitrogen and oxygen atoms in total. The van der Waals surface area contributed by atoms with E-state index in [4.69, 9.17) is 5.73 Å². The quantitative estimate of drug-likeness (QED) is 0.771. The number of aryl methyl sites for hydroxylation is 1. The van der Waals surface area contributed by atoms with Gasteiger partial charge in [0.2, 0.25) is 5.95 Å². The van der Waals surface area contributed by atoms with Crippen molar-refractivity contribution in [2.45, 2.75) is 13.3 Å². The number of carbonyl (C=O) groups excluding carboxylic acids is 1. The van der Waals surface area contributed by atoms with Crippen LogP contribution in [0.5, 0.6) is 0 Å². The van der Waals surface area contributed by atoms with Gasteiger partial charge in [0.05, 0.1) is 5.69 Å². The standard InChI is InChI=1S/C19H18N4O/c1-2-13-3-5-15(6-4-13)18(24)22-16-9-7-14(8-10-16)17-11-12-21-19(20)23-17/h3-12H,2H2,1H3,(H,22,24)(H2,20,21,23). The highest BCUT2D eigenvalue weighted by Gasteiger charge is 2.06. The Balaban J connectivity index is 1.72. The summed E-state index contributed by atoms with van der Waals surface area (Å²) in [5, 5.41) is 2.89. The molecular formula is C19H18N4O. The molecule has 0 saturated carbocycles. The van der Waals surface area contributed by atoms with Gasteiger partial charge >= 0.3 is 0 Å². The normalized spacial score (nSPS) is 10.4. The van der Waals surface area contributed by atoms with Gasteiger partial charge in [-0.1, -0.05) is 31.2 Å². The number of amides is 1. The summed E-state index contributed by atoms with van der Waals surface area (Å²) in [4.78, 5) is 20.3. The number of benzene rings is 2. The average molecular weight is 318 g/mol. The molecule has 0 saturated heterocycles. The average Bonchev–Trinajstić information content (AvgIpc) is 2.62. The molecule has 1 aromatic heterocycles. The molecule has 1 amide bonds. The maximum atomic E-state index is 12.3. The summed E-state index contributed by atoms with van der Waals surface area (Å²) in [6.07, 6.45) is 2.57. The molecule has 24 heavy (non-hydrogen) atoms. The van der Waals surface area contributed by atoms with E-state index in [2.05, 4.69) is 22.2 Å². The van der Waals surface area contributed by atoms with Crippen LogP contribution in [0, 0.1) is 0 Å². The van der Waals surface area contributed by atoms with Crippen molar-refractivity contribution in [2.24, 2.45) is 0 Å². The number of hydrogen-bond donors (Lipinski definition) is 2. The molecule has 0 fully saturated rings. The molecule has 0 atom stereocenters. The highest BCUT2D eigenvalue weighted by molar-refractivity contribution is 6.04. The van der Waals surface area contributed by atoms with Gasteiger partial charge < -0.3 is 11.1 Å². The summed E-state index contributed by atoms with van der Waals surface area (Å²) < 4.78 is 0. The second-order valence-electron chi connectivity index (χ2n) is 5.38. The molecule has 0 unspecified atom stereocenters. The number of rotatable bonds is 4. The molecule has 0 aliphatic rings. The van der Waals surface area contributed by atoms with Crippen molar-refractivity contribution in [1.82, 2.24) is 9.97 Å². The van der Waals surface area contributed by atoms with Crippen molar-refractivity contribution in [2.75, 3.05) is 11.1 Å². The van der Waals surface area contributed by atoms with Crippen molar-refractivity contribution >= 4 is 17.5 Å². The summed E-state index contributed by atoms with van der Waals surface area (Å²) in [6, 6.07) is 16.9. The van der Waals surface area contributed by atoms with Crippen molar-refractivity contribution in [3.8, 4) is 11.3 Å². The van der Waals surface area contributed by atoms with Gasteiger partial charge in [0.1, 0.15) is 0 Å². The molecule has 120 valence electrons. The first-order valence-electron chi connectivity index (χ1n) is 7.75. The van der Waals surface area contributed by atoms with Crippen LogP contribution in [0.2, 0.25) is 0 Å². The van der Waals surface area contributed by atoms with Crippen molar-refractivity contribution in [3.05, 3.63) is 71.9 Å². The number of nitrogens with one attached hydrogen (secondary N) is 1. The summed E-state index contributed by atoms with van der Waals surface area (Å²) in [6.45, 7) is 2.09. The number of nitrogen functional groups attached to an aromatic ring is 1. The van der Waals surface area contributed by atoms with Crippen LogP contribution < -0.4 is 11.1 Å². The SMILES string of the molecule is CCc1ccc(C(=O)Nc2ccc(-c3ccnc(N)n3)cc2)cc1. The van der Waals surface area contributed by atoms with E-state index in [9.17, 15) is 4.79 Å². The molecule has 0 radical (unpaired) electrons. The van der Waals surface area contributed by atoms with Crippen molar-refractivity contribution in [3.63, 3.8) is 0 Å². The summed E-state index contributed by atoms with van der Waals surface area (Å²) in [5.41, 5.74) is 9.83. The maximum Gasteiger partial charge on any atom is 0.255 e. The summed E-state index contributed by atoms with van der Waals surface area (Å²) in [7, 11) is 0. The Morgan fingerprint density at radius 2 is 1.75 bits per heavy atom. The lowest BCUT2D eigenvalue weighted by Crippen LogP contribution is -2.11. The minimum Gasteiger partial charge on any atom is -0.368 e. The Kier molecular flexibility index (Phi) is 4.52. The van der Waals surface area contributed by atoms with E-state index in [0.717, 1.165) is 23.4 Å². The molecule has 3 N–H and O–H groups in total. The number of anilines is 2. The molecular weight excluding hydrogens is 300 g/mol.